The van der Waals surface area contributed by atoms with Gasteiger partial charge < -0.3 is 15.4 Å². The number of aromatic nitrogens is 2. The summed E-state index contributed by atoms with van der Waals surface area (Å²) in [5, 5.41) is 0. The fourth-order valence-corrected chi connectivity index (χ4v) is 2.63. The molecule has 1 aliphatic heterocycles. The van der Waals surface area contributed by atoms with E-state index in [1.165, 1.54) is 0 Å². The van der Waals surface area contributed by atoms with Crippen molar-refractivity contribution in [1.82, 2.24) is 14.9 Å². The van der Waals surface area contributed by atoms with Crippen LogP contribution in [0.2, 0.25) is 0 Å². The third-order valence-corrected chi connectivity index (χ3v) is 4.33. The van der Waals surface area contributed by atoms with E-state index in [1.54, 1.807) is 13.3 Å². The van der Waals surface area contributed by atoms with Crippen LogP contribution in [0.1, 0.15) is 6.92 Å². The molecule has 0 amide bonds. The highest BCUT2D eigenvalue weighted by Gasteiger charge is 2.24. The Kier molecular flexibility index (Phi) is 5.11. The van der Waals surface area contributed by atoms with Crippen LogP contribution in [0.15, 0.2) is 10.7 Å². The van der Waals surface area contributed by atoms with Gasteiger partial charge in [-0.15, -0.1) is 0 Å². The molecule has 1 saturated heterocycles. The summed E-state index contributed by atoms with van der Waals surface area (Å²) >= 11 is 8.40. The van der Waals surface area contributed by atoms with Gasteiger partial charge >= 0.3 is 0 Å². The first-order valence-corrected chi connectivity index (χ1v) is 7.58. The third-order valence-electron chi connectivity index (χ3n) is 3.45. The van der Waals surface area contributed by atoms with E-state index in [4.69, 9.17) is 22.7 Å². The minimum Gasteiger partial charge on any atom is -0.480 e. The smallest absolute Gasteiger partial charge is 0.232 e. The Labute approximate surface area is 132 Å². The first-order chi connectivity index (χ1) is 9.52. The number of rotatable bonds is 4. The summed E-state index contributed by atoms with van der Waals surface area (Å²) < 4.78 is 5.95. The maximum atomic E-state index is 5.70. The second kappa shape index (κ2) is 6.64. The van der Waals surface area contributed by atoms with Crippen LogP contribution in [-0.4, -0.2) is 59.2 Å². The topological polar surface area (TPSA) is 67.5 Å². The Balaban J connectivity index is 2.02. The molecule has 0 aliphatic carbocycles. The summed E-state index contributed by atoms with van der Waals surface area (Å²) in [5.74, 6) is 1.24. The van der Waals surface area contributed by atoms with Crippen LogP contribution in [0.25, 0.3) is 0 Å². The van der Waals surface area contributed by atoms with Gasteiger partial charge in [-0.2, -0.15) is 4.98 Å². The van der Waals surface area contributed by atoms with E-state index in [9.17, 15) is 0 Å². The van der Waals surface area contributed by atoms with Gasteiger partial charge in [-0.3, -0.25) is 4.90 Å². The van der Waals surface area contributed by atoms with Crippen LogP contribution in [0, 0.1) is 0 Å². The van der Waals surface area contributed by atoms with Gasteiger partial charge in [-0.05, 0) is 22.9 Å². The maximum Gasteiger partial charge on any atom is 0.232 e. The van der Waals surface area contributed by atoms with Crippen molar-refractivity contribution in [2.45, 2.75) is 13.0 Å². The van der Waals surface area contributed by atoms with E-state index in [0.717, 1.165) is 30.7 Å². The maximum absolute atomic E-state index is 5.70. The van der Waals surface area contributed by atoms with Crippen LogP contribution >= 0.6 is 28.1 Å². The molecular weight excluding hydrogens is 342 g/mol. The fraction of sp³-hybridized carbons (Fsp3) is 0.583. The lowest BCUT2D eigenvalue weighted by Gasteiger charge is -2.37. The standard InChI is InChI=1S/C12H18BrN5OS/c1-8(10(14)20)17-3-5-18(6-4-17)12-15-7-9(13)11(16-12)19-2/h7-8H,3-6H2,1-2H3,(H2,14,20). The highest BCUT2D eigenvalue weighted by molar-refractivity contribution is 9.10. The Morgan fingerprint density at radius 2 is 2.10 bits per heavy atom. The van der Waals surface area contributed by atoms with Crippen LogP contribution in [0.3, 0.4) is 0 Å². The molecule has 1 fully saturated rings. The van der Waals surface area contributed by atoms with E-state index in [2.05, 4.69) is 35.7 Å². The molecule has 20 heavy (non-hydrogen) atoms. The van der Waals surface area contributed by atoms with Gasteiger partial charge in [0.15, 0.2) is 0 Å². The van der Waals surface area contributed by atoms with Gasteiger partial charge in [0.2, 0.25) is 11.8 Å². The third kappa shape index (κ3) is 3.36. The second-order valence-corrected chi connectivity index (χ2v) is 5.95. The van der Waals surface area contributed by atoms with Crippen molar-refractivity contribution in [2.24, 2.45) is 5.73 Å². The average molecular weight is 360 g/mol. The minimum atomic E-state index is 0.132. The van der Waals surface area contributed by atoms with Crippen molar-refractivity contribution in [3.63, 3.8) is 0 Å². The van der Waals surface area contributed by atoms with Crippen molar-refractivity contribution in [2.75, 3.05) is 38.2 Å². The van der Waals surface area contributed by atoms with Crippen molar-refractivity contribution in [3.8, 4) is 5.88 Å². The van der Waals surface area contributed by atoms with Gasteiger partial charge in [-0.25, -0.2) is 4.98 Å². The van der Waals surface area contributed by atoms with Crippen LogP contribution in [0.5, 0.6) is 5.88 Å². The molecule has 110 valence electrons. The highest BCUT2D eigenvalue weighted by Crippen LogP contribution is 2.24. The van der Waals surface area contributed by atoms with Gasteiger partial charge in [0, 0.05) is 26.2 Å². The molecule has 1 atom stereocenters. The van der Waals surface area contributed by atoms with E-state index in [0.29, 0.717) is 16.8 Å². The Bertz CT molecular complexity index is 493. The largest absolute Gasteiger partial charge is 0.480 e. The summed E-state index contributed by atoms with van der Waals surface area (Å²) in [4.78, 5) is 13.7. The lowest BCUT2D eigenvalue weighted by molar-refractivity contribution is 0.238. The molecule has 1 aromatic rings. The summed E-state index contributed by atoms with van der Waals surface area (Å²) in [7, 11) is 1.60. The summed E-state index contributed by atoms with van der Waals surface area (Å²) in [6.45, 7) is 5.51. The van der Waals surface area contributed by atoms with Gasteiger partial charge in [0.1, 0.15) is 0 Å². The number of piperazine rings is 1. The van der Waals surface area contributed by atoms with Crippen LogP contribution in [-0.2, 0) is 0 Å². The monoisotopic (exact) mass is 359 g/mol. The first-order valence-electron chi connectivity index (χ1n) is 6.37. The molecule has 8 heteroatoms. The molecule has 2 N–H and O–H groups in total. The molecule has 2 heterocycles. The Morgan fingerprint density at radius 1 is 1.45 bits per heavy atom. The quantitative estimate of drug-likeness (QED) is 0.805. The van der Waals surface area contributed by atoms with Gasteiger partial charge in [0.25, 0.3) is 0 Å². The van der Waals surface area contributed by atoms with Crippen molar-refractivity contribution >= 4 is 39.1 Å². The molecule has 6 nitrogen and oxygen atoms in total. The minimum absolute atomic E-state index is 0.132. The van der Waals surface area contributed by atoms with Crippen molar-refractivity contribution < 1.29 is 4.74 Å². The molecule has 0 spiro atoms. The molecule has 0 saturated carbocycles. The van der Waals surface area contributed by atoms with E-state index >= 15 is 0 Å². The molecule has 1 aliphatic rings. The van der Waals surface area contributed by atoms with Crippen molar-refractivity contribution in [3.05, 3.63) is 10.7 Å². The Morgan fingerprint density at radius 3 is 2.65 bits per heavy atom. The summed E-state index contributed by atoms with van der Waals surface area (Å²) in [6.07, 6.45) is 1.71. The molecular formula is C12H18BrN5OS. The highest BCUT2D eigenvalue weighted by atomic mass is 79.9. The Hall–Kier alpha value is -0.990. The van der Waals surface area contributed by atoms with Crippen LogP contribution in [0.4, 0.5) is 5.95 Å². The predicted molar refractivity (Wildman–Crippen MR) is 86.3 cm³/mol. The lowest BCUT2D eigenvalue weighted by atomic mass is 10.2. The molecule has 0 bridgehead atoms. The second-order valence-electron chi connectivity index (χ2n) is 4.63. The number of halogens is 1. The average Bonchev–Trinajstić information content (AvgIpc) is 2.47. The number of nitrogens with two attached hydrogens (primary N) is 1. The summed E-state index contributed by atoms with van der Waals surface area (Å²) in [6, 6.07) is 0.132. The van der Waals surface area contributed by atoms with E-state index < -0.39 is 0 Å². The number of nitrogens with zero attached hydrogens (tertiary/aromatic N) is 4. The first kappa shape index (κ1) is 15.4. The predicted octanol–water partition coefficient (Wildman–Crippen LogP) is 1.04. The summed E-state index contributed by atoms with van der Waals surface area (Å²) in [5.41, 5.74) is 5.70. The van der Waals surface area contributed by atoms with Gasteiger partial charge in [-0.1, -0.05) is 12.2 Å². The zero-order valence-electron chi connectivity index (χ0n) is 11.5. The molecule has 1 aromatic heterocycles. The zero-order valence-corrected chi connectivity index (χ0v) is 13.9. The van der Waals surface area contributed by atoms with E-state index in [-0.39, 0.29) is 6.04 Å². The van der Waals surface area contributed by atoms with E-state index in [1.807, 2.05) is 6.92 Å². The van der Waals surface area contributed by atoms with Gasteiger partial charge in [0.05, 0.1) is 28.8 Å². The fourth-order valence-electron chi connectivity index (χ4n) is 2.13. The normalized spacial score (nSPS) is 17.9. The molecule has 1 unspecified atom stereocenters. The van der Waals surface area contributed by atoms with Crippen LogP contribution < -0.4 is 15.4 Å². The SMILES string of the molecule is COc1nc(N2CCN(C(C)C(N)=S)CC2)ncc1Br. The zero-order chi connectivity index (χ0) is 14.7. The number of methoxy groups -OCH3 is 1. The number of thiocarbonyl (C=S) groups is 1. The van der Waals surface area contributed by atoms with Crippen molar-refractivity contribution in [1.29, 1.82) is 0 Å². The number of hydrogen-bond acceptors (Lipinski definition) is 6. The lowest BCUT2D eigenvalue weighted by Crippen LogP contribution is -2.53. The number of anilines is 1. The molecule has 0 aromatic carbocycles. The number of ether oxygens (including phenoxy) is 1. The molecule has 2 rings (SSSR count). The number of hydrogen-bond donors (Lipinski definition) is 1. The molecule has 0 radical (unpaired) electrons.